The SMILES string of the molecule is O=C(Nc1nnc(C(F)(F)F)s1)N1CCN(Cc2ccncc2)CC1. The lowest BCUT2D eigenvalue weighted by Gasteiger charge is -2.34. The number of halogens is 3. The third-order valence-electron chi connectivity index (χ3n) is 3.70. The molecule has 0 atom stereocenters. The number of nitrogens with zero attached hydrogens (tertiary/aromatic N) is 5. The lowest BCUT2D eigenvalue weighted by molar-refractivity contribution is -0.138. The number of anilines is 1. The normalized spacial score (nSPS) is 16.0. The van der Waals surface area contributed by atoms with Gasteiger partial charge in [0.1, 0.15) is 0 Å². The quantitative estimate of drug-likeness (QED) is 0.895. The van der Waals surface area contributed by atoms with Crippen molar-refractivity contribution in [2.75, 3.05) is 31.5 Å². The van der Waals surface area contributed by atoms with Crippen molar-refractivity contribution >= 4 is 22.5 Å². The van der Waals surface area contributed by atoms with Crippen molar-refractivity contribution in [2.24, 2.45) is 0 Å². The Morgan fingerprint density at radius 1 is 1.16 bits per heavy atom. The van der Waals surface area contributed by atoms with Crippen LogP contribution in [0.4, 0.5) is 23.1 Å². The molecular formula is C14H15F3N6OS. The van der Waals surface area contributed by atoms with Gasteiger partial charge in [-0.1, -0.05) is 11.3 Å². The fourth-order valence-corrected chi connectivity index (χ4v) is 3.01. The number of rotatable bonds is 3. The van der Waals surface area contributed by atoms with E-state index in [1.807, 2.05) is 12.1 Å². The average Bonchev–Trinajstić information content (AvgIpc) is 3.05. The number of alkyl halides is 3. The minimum Gasteiger partial charge on any atom is -0.322 e. The van der Waals surface area contributed by atoms with Crippen LogP contribution < -0.4 is 5.32 Å². The third-order valence-corrected chi connectivity index (χ3v) is 4.58. The lowest BCUT2D eigenvalue weighted by atomic mass is 10.2. The van der Waals surface area contributed by atoms with Crippen LogP contribution in [0.2, 0.25) is 0 Å². The first-order chi connectivity index (χ1) is 11.9. The Kier molecular flexibility index (Phi) is 5.13. The zero-order chi connectivity index (χ0) is 17.9. The van der Waals surface area contributed by atoms with Crippen molar-refractivity contribution in [2.45, 2.75) is 12.7 Å². The van der Waals surface area contributed by atoms with Gasteiger partial charge in [-0.2, -0.15) is 13.2 Å². The Morgan fingerprint density at radius 3 is 2.44 bits per heavy atom. The number of nitrogens with one attached hydrogen (secondary N) is 1. The van der Waals surface area contributed by atoms with Gasteiger partial charge in [-0.15, -0.1) is 10.2 Å². The highest BCUT2D eigenvalue weighted by Gasteiger charge is 2.36. The van der Waals surface area contributed by atoms with E-state index in [1.54, 1.807) is 17.3 Å². The first kappa shape index (κ1) is 17.5. The molecule has 134 valence electrons. The van der Waals surface area contributed by atoms with Crippen LogP contribution in [0, 0.1) is 0 Å². The fourth-order valence-electron chi connectivity index (χ4n) is 2.41. The minimum atomic E-state index is -4.56. The van der Waals surface area contributed by atoms with Crippen molar-refractivity contribution in [1.29, 1.82) is 0 Å². The second kappa shape index (κ2) is 7.31. The smallest absolute Gasteiger partial charge is 0.322 e. The molecule has 7 nitrogen and oxygen atoms in total. The molecule has 1 fully saturated rings. The molecule has 2 aromatic heterocycles. The van der Waals surface area contributed by atoms with Crippen molar-refractivity contribution < 1.29 is 18.0 Å². The zero-order valence-corrected chi connectivity index (χ0v) is 13.8. The van der Waals surface area contributed by atoms with Crippen LogP contribution in [0.5, 0.6) is 0 Å². The van der Waals surface area contributed by atoms with Gasteiger partial charge in [-0.05, 0) is 17.7 Å². The Bertz CT molecular complexity index is 715. The molecule has 11 heteroatoms. The second-order valence-corrected chi connectivity index (χ2v) is 6.44. The Morgan fingerprint density at radius 2 is 1.84 bits per heavy atom. The standard InChI is InChI=1S/C14H15F3N6OS/c15-14(16,17)11-20-21-12(25-11)19-13(24)23-7-5-22(6-8-23)9-10-1-3-18-4-2-10/h1-4H,5-9H2,(H,19,21,24). The summed E-state index contributed by atoms with van der Waals surface area (Å²) in [5, 5.41) is 7.54. The van der Waals surface area contributed by atoms with Crippen molar-refractivity contribution in [1.82, 2.24) is 25.0 Å². The van der Waals surface area contributed by atoms with Gasteiger partial charge in [0.15, 0.2) is 0 Å². The second-order valence-electron chi connectivity index (χ2n) is 5.46. The molecule has 2 amide bonds. The first-order valence-corrected chi connectivity index (χ1v) is 8.31. The van der Waals surface area contributed by atoms with E-state index < -0.39 is 17.2 Å². The van der Waals surface area contributed by atoms with Gasteiger partial charge in [0.25, 0.3) is 0 Å². The largest absolute Gasteiger partial charge is 0.445 e. The highest BCUT2D eigenvalue weighted by Crippen LogP contribution is 2.33. The maximum atomic E-state index is 12.5. The van der Waals surface area contributed by atoms with Crippen LogP contribution in [0.3, 0.4) is 0 Å². The summed E-state index contributed by atoms with van der Waals surface area (Å²) in [6.45, 7) is 3.10. The summed E-state index contributed by atoms with van der Waals surface area (Å²) in [6.07, 6.45) is -1.09. The predicted molar refractivity (Wildman–Crippen MR) is 85.0 cm³/mol. The molecule has 1 saturated heterocycles. The summed E-state index contributed by atoms with van der Waals surface area (Å²) >= 11 is 0.312. The van der Waals surface area contributed by atoms with Crippen LogP contribution >= 0.6 is 11.3 Å². The van der Waals surface area contributed by atoms with Gasteiger partial charge in [0, 0.05) is 45.1 Å². The molecule has 1 N–H and O–H groups in total. The third kappa shape index (κ3) is 4.63. The van der Waals surface area contributed by atoms with Gasteiger partial charge in [-0.25, -0.2) is 4.79 Å². The summed E-state index contributed by atoms with van der Waals surface area (Å²) < 4.78 is 37.5. The number of urea groups is 1. The van der Waals surface area contributed by atoms with Crippen LogP contribution in [-0.4, -0.2) is 57.2 Å². The molecule has 2 aromatic rings. The minimum absolute atomic E-state index is 0.156. The van der Waals surface area contributed by atoms with E-state index in [0.29, 0.717) is 37.5 Å². The van der Waals surface area contributed by atoms with E-state index in [1.165, 1.54) is 0 Å². The molecule has 0 bridgehead atoms. The molecule has 0 saturated carbocycles. The number of carbonyl (C=O) groups is 1. The topological polar surface area (TPSA) is 74.2 Å². The highest BCUT2D eigenvalue weighted by molar-refractivity contribution is 7.15. The number of carbonyl (C=O) groups excluding carboxylic acids is 1. The first-order valence-electron chi connectivity index (χ1n) is 7.50. The van der Waals surface area contributed by atoms with Crippen LogP contribution in [0.15, 0.2) is 24.5 Å². The molecule has 0 radical (unpaired) electrons. The molecule has 1 aliphatic heterocycles. The lowest BCUT2D eigenvalue weighted by Crippen LogP contribution is -2.49. The summed E-state index contributed by atoms with van der Waals surface area (Å²) in [5.41, 5.74) is 1.14. The van der Waals surface area contributed by atoms with Gasteiger partial charge in [0.05, 0.1) is 0 Å². The number of aromatic nitrogens is 3. The molecule has 0 unspecified atom stereocenters. The van der Waals surface area contributed by atoms with E-state index >= 15 is 0 Å². The van der Waals surface area contributed by atoms with Crippen molar-refractivity contribution in [3.63, 3.8) is 0 Å². The van der Waals surface area contributed by atoms with E-state index in [2.05, 4.69) is 25.4 Å². The molecule has 25 heavy (non-hydrogen) atoms. The molecule has 3 rings (SSSR count). The maximum absolute atomic E-state index is 12.5. The van der Waals surface area contributed by atoms with Gasteiger partial charge in [0.2, 0.25) is 10.1 Å². The van der Waals surface area contributed by atoms with Gasteiger partial charge in [-0.3, -0.25) is 15.2 Å². The molecule has 0 aliphatic carbocycles. The predicted octanol–water partition coefficient (Wildman–Crippen LogP) is 2.30. The Hall–Kier alpha value is -2.27. The van der Waals surface area contributed by atoms with E-state index in [4.69, 9.17) is 0 Å². The summed E-state index contributed by atoms with van der Waals surface area (Å²) in [6, 6.07) is 3.41. The van der Waals surface area contributed by atoms with Crippen LogP contribution in [0.1, 0.15) is 10.6 Å². The summed E-state index contributed by atoms with van der Waals surface area (Å²) in [5.74, 6) is 0. The number of pyridine rings is 1. The molecule has 0 spiro atoms. The number of amides is 2. The van der Waals surface area contributed by atoms with Crippen molar-refractivity contribution in [3.05, 3.63) is 35.1 Å². The average molecular weight is 372 g/mol. The van der Waals surface area contributed by atoms with E-state index in [-0.39, 0.29) is 5.13 Å². The number of hydrogen-bond acceptors (Lipinski definition) is 6. The van der Waals surface area contributed by atoms with Gasteiger partial charge >= 0.3 is 12.2 Å². The zero-order valence-electron chi connectivity index (χ0n) is 13.0. The van der Waals surface area contributed by atoms with Crippen LogP contribution in [-0.2, 0) is 12.7 Å². The summed E-state index contributed by atoms with van der Waals surface area (Å²) in [7, 11) is 0. The fraction of sp³-hybridized carbons (Fsp3) is 0.429. The highest BCUT2D eigenvalue weighted by atomic mass is 32.1. The monoisotopic (exact) mass is 372 g/mol. The molecule has 0 aromatic carbocycles. The van der Waals surface area contributed by atoms with E-state index in [0.717, 1.165) is 12.1 Å². The van der Waals surface area contributed by atoms with Gasteiger partial charge < -0.3 is 4.90 Å². The number of piperazine rings is 1. The maximum Gasteiger partial charge on any atom is 0.445 e. The molecule has 1 aliphatic rings. The number of hydrogen-bond donors (Lipinski definition) is 1. The molecular weight excluding hydrogens is 357 g/mol. The van der Waals surface area contributed by atoms with Crippen molar-refractivity contribution in [3.8, 4) is 0 Å². The summed E-state index contributed by atoms with van der Waals surface area (Å²) in [4.78, 5) is 19.9. The molecule has 3 heterocycles. The Labute approximate surface area is 145 Å². The Balaban J connectivity index is 1.49. The van der Waals surface area contributed by atoms with E-state index in [9.17, 15) is 18.0 Å². The van der Waals surface area contributed by atoms with Crippen LogP contribution in [0.25, 0.3) is 0 Å².